The monoisotopic (exact) mass is 250 g/mol. The van der Waals surface area contributed by atoms with Crippen LogP contribution in [0.2, 0.25) is 0 Å². The van der Waals surface area contributed by atoms with Gasteiger partial charge in [-0.1, -0.05) is 0 Å². The quantitative estimate of drug-likeness (QED) is 0.760. The van der Waals surface area contributed by atoms with E-state index in [1.165, 1.54) is 12.8 Å². The maximum Gasteiger partial charge on any atom is 0.221 e. The van der Waals surface area contributed by atoms with E-state index in [1.54, 1.807) is 6.33 Å². The Bertz CT molecular complexity index is 395. The number of nitrogens with zero attached hydrogens (tertiary/aromatic N) is 2. The van der Waals surface area contributed by atoms with E-state index in [9.17, 15) is 4.79 Å². The number of nitrogens with one attached hydrogen (secondary N) is 2. The molecule has 1 heterocycles. The lowest BCUT2D eigenvalue weighted by molar-refractivity contribution is -0.121. The van der Waals surface area contributed by atoms with Crippen LogP contribution in [0.5, 0.6) is 0 Å². The van der Waals surface area contributed by atoms with Gasteiger partial charge in [0.25, 0.3) is 0 Å². The Balaban J connectivity index is 1.77. The standard InChI is InChI=1S/C13H22N4O/c1-10(2)16-13(18)5-6-17-9-14-7-12(17)8-15-11-3-4-11/h7,9-11,15H,3-6,8H2,1-2H3,(H,16,18). The Kier molecular flexibility index (Phi) is 4.36. The minimum Gasteiger partial charge on any atom is -0.354 e. The molecular weight excluding hydrogens is 228 g/mol. The first-order valence-corrected chi connectivity index (χ1v) is 6.67. The molecule has 0 aliphatic heterocycles. The first-order chi connectivity index (χ1) is 8.65. The molecule has 0 aromatic carbocycles. The van der Waals surface area contributed by atoms with Gasteiger partial charge in [-0.2, -0.15) is 0 Å². The molecule has 0 atom stereocenters. The molecule has 0 unspecified atom stereocenters. The van der Waals surface area contributed by atoms with Gasteiger partial charge in [-0.05, 0) is 26.7 Å². The van der Waals surface area contributed by atoms with Gasteiger partial charge in [0.05, 0.1) is 12.0 Å². The molecule has 100 valence electrons. The average Bonchev–Trinajstić information content (AvgIpc) is 3.02. The number of rotatable bonds is 7. The van der Waals surface area contributed by atoms with Crippen LogP contribution in [0.4, 0.5) is 0 Å². The van der Waals surface area contributed by atoms with Gasteiger partial charge in [0, 0.05) is 37.8 Å². The fraction of sp³-hybridized carbons (Fsp3) is 0.692. The molecule has 2 rings (SSSR count). The molecular formula is C13H22N4O. The van der Waals surface area contributed by atoms with Crippen molar-refractivity contribution in [3.8, 4) is 0 Å². The average molecular weight is 250 g/mol. The predicted octanol–water partition coefficient (Wildman–Crippen LogP) is 1.05. The third kappa shape index (κ3) is 4.14. The van der Waals surface area contributed by atoms with E-state index in [-0.39, 0.29) is 11.9 Å². The number of hydrogen-bond donors (Lipinski definition) is 2. The van der Waals surface area contributed by atoms with Crippen molar-refractivity contribution in [3.05, 3.63) is 18.2 Å². The van der Waals surface area contributed by atoms with E-state index in [2.05, 4.69) is 20.2 Å². The van der Waals surface area contributed by atoms with Gasteiger partial charge in [0.15, 0.2) is 0 Å². The van der Waals surface area contributed by atoms with Gasteiger partial charge < -0.3 is 15.2 Å². The molecule has 0 spiro atoms. The molecule has 5 heteroatoms. The van der Waals surface area contributed by atoms with Crippen LogP contribution in [0.1, 0.15) is 38.8 Å². The van der Waals surface area contributed by atoms with E-state index >= 15 is 0 Å². The molecule has 2 N–H and O–H groups in total. The molecule has 1 aliphatic carbocycles. The van der Waals surface area contributed by atoms with E-state index in [1.807, 2.05) is 20.0 Å². The number of hydrogen-bond acceptors (Lipinski definition) is 3. The summed E-state index contributed by atoms with van der Waals surface area (Å²) in [7, 11) is 0. The number of carbonyl (C=O) groups excluding carboxylic acids is 1. The highest BCUT2D eigenvalue weighted by molar-refractivity contribution is 5.76. The minimum atomic E-state index is 0.0970. The van der Waals surface area contributed by atoms with Gasteiger partial charge in [-0.15, -0.1) is 0 Å². The Hall–Kier alpha value is -1.36. The van der Waals surface area contributed by atoms with Crippen molar-refractivity contribution in [1.29, 1.82) is 0 Å². The first-order valence-electron chi connectivity index (χ1n) is 6.67. The van der Waals surface area contributed by atoms with Crippen molar-refractivity contribution in [2.24, 2.45) is 0 Å². The number of aromatic nitrogens is 2. The highest BCUT2D eigenvalue weighted by Crippen LogP contribution is 2.19. The number of amides is 1. The van der Waals surface area contributed by atoms with Crippen molar-refractivity contribution in [2.45, 2.75) is 58.3 Å². The van der Waals surface area contributed by atoms with Gasteiger partial charge in [0.2, 0.25) is 5.91 Å². The smallest absolute Gasteiger partial charge is 0.221 e. The maximum absolute atomic E-state index is 11.6. The zero-order valence-electron chi connectivity index (χ0n) is 11.1. The van der Waals surface area contributed by atoms with Crippen LogP contribution >= 0.6 is 0 Å². The molecule has 1 saturated carbocycles. The van der Waals surface area contributed by atoms with E-state index in [4.69, 9.17) is 0 Å². The molecule has 1 amide bonds. The number of imidazole rings is 1. The molecule has 1 aromatic heterocycles. The van der Waals surface area contributed by atoms with Gasteiger partial charge in [-0.25, -0.2) is 4.98 Å². The Morgan fingerprint density at radius 3 is 3.00 bits per heavy atom. The van der Waals surface area contributed by atoms with E-state index < -0.39 is 0 Å². The van der Waals surface area contributed by atoms with Crippen LogP contribution in [0.3, 0.4) is 0 Å². The molecule has 18 heavy (non-hydrogen) atoms. The summed E-state index contributed by atoms with van der Waals surface area (Å²) in [5, 5.41) is 6.35. The zero-order valence-corrected chi connectivity index (χ0v) is 11.1. The third-order valence-corrected chi connectivity index (χ3v) is 2.98. The summed E-state index contributed by atoms with van der Waals surface area (Å²) in [6.45, 7) is 5.48. The molecule has 1 aliphatic rings. The SMILES string of the molecule is CC(C)NC(=O)CCn1cncc1CNC1CC1. The van der Waals surface area contributed by atoms with Crippen LogP contribution < -0.4 is 10.6 Å². The molecule has 1 fully saturated rings. The van der Waals surface area contributed by atoms with Crippen molar-refractivity contribution < 1.29 is 4.79 Å². The molecule has 0 radical (unpaired) electrons. The lowest BCUT2D eigenvalue weighted by Gasteiger charge is -2.10. The van der Waals surface area contributed by atoms with Crippen LogP contribution in [-0.2, 0) is 17.9 Å². The molecule has 0 saturated heterocycles. The molecule has 0 bridgehead atoms. The largest absolute Gasteiger partial charge is 0.354 e. The van der Waals surface area contributed by atoms with E-state index in [0.717, 1.165) is 12.2 Å². The third-order valence-electron chi connectivity index (χ3n) is 2.98. The van der Waals surface area contributed by atoms with Gasteiger partial charge in [-0.3, -0.25) is 4.79 Å². The topological polar surface area (TPSA) is 59.0 Å². The summed E-state index contributed by atoms with van der Waals surface area (Å²) in [6.07, 6.45) is 6.74. The summed E-state index contributed by atoms with van der Waals surface area (Å²) in [5.41, 5.74) is 1.15. The highest BCUT2D eigenvalue weighted by Gasteiger charge is 2.20. The summed E-state index contributed by atoms with van der Waals surface area (Å²) in [4.78, 5) is 15.7. The second-order valence-corrected chi connectivity index (χ2v) is 5.21. The van der Waals surface area contributed by atoms with E-state index in [0.29, 0.717) is 19.0 Å². The molecule has 1 aromatic rings. The van der Waals surface area contributed by atoms with Crippen LogP contribution in [0.25, 0.3) is 0 Å². The summed E-state index contributed by atoms with van der Waals surface area (Å²) in [5.74, 6) is 0.0970. The minimum absolute atomic E-state index is 0.0970. The van der Waals surface area contributed by atoms with Crippen molar-refractivity contribution in [2.75, 3.05) is 0 Å². The van der Waals surface area contributed by atoms with Crippen LogP contribution in [0, 0.1) is 0 Å². The lowest BCUT2D eigenvalue weighted by Crippen LogP contribution is -2.30. The fourth-order valence-corrected chi connectivity index (χ4v) is 1.85. The zero-order chi connectivity index (χ0) is 13.0. The lowest BCUT2D eigenvalue weighted by atomic mass is 10.3. The normalized spacial score (nSPS) is 15.1. The van der Waals surface area contributed by atoms with Crippen LogP contribution in [-0.4, -0.2) is 27.5 Å². The molecule has 5 nitrogen and oxygen atoms in total. The fourth-order valence-electron chi connectivity index (χ4n) is 1.85. The number of aryl methyl sites for hydroxylation is 1. The van der Waals surface area contributed by atoms with Crippen molar-refractivity contribution in [3.63, 3.8) is 0 Å². The predicted molar refractivity (Wildman–Crippen MR) is 70.0 cm³/mol. The summed E-state index contributed by atoms with van der Waals surface area (Å²) < 4.78 is 2.05. The number of carbonyl (C=O) groups is 1. The van der Waals surface area contributed by atoms with Gasteiger partial charge >= 0.3 is 0 Å². The van der Waals surface area contributed by atoms with Gasteiger partial charge in [0.1, 0.15) is 0 Å². The van der Waals surface area contributed by atoms with Crippen molar-refractivity contribution in [1.82, 2.24) is 20.2 Å². The van der Waals surface area contributed by atoms with Crippen molar-refractivity contribution >= 4 is 5.91 Å². The second-order valence-electron chi connectivity index (χ2n) is 5.21. The summed E-state index contributed by atoms with van der Waals surface area (Å²) in [6, 6.07) is 0.897. The first kappa shape index (κ1) is 13.1. The highest BCUT2D eigenvalue weighted by atomic mass is 16.1. The summed E-state index contributed by atoms with van der Waals surface area (Å²) >= 11 is 0. The maximum atomic E-state index is 11.6. The second kappa shape index (κ2) is 6.00. The Morgan fingerprint density at radius 2 is 2.33 bits per heavy atom. The Morgan fingerprint density at radius 1 is 1.56 bits per heavy atom. The van der Waals surface area contributed by atoms with Crippen LogP contribution in [0.15, 0.2) is 12.5 Å². The Labute approximate surface area is 108 Å².